The highest BCUT2D eigenvalue weighted by molar-refractivity contribution is 5.12. The van der Waals surface area contributed by atoms with Gasteiger partial charge in [-0.3, -0.25) is 0 Å². The van der Waals surface area contributed by atoms with Crippen molar-refractivity contribution in [3.63, 3.8) is 0 Å². The summed E-state index contributed by atoms with van der Waals surface area (Å²) < 4.78 is 12.2. The number of aromatic nitrogens is 1. The third-order valence-corrected chi connectivity index (χ3v) is 1.42. The lowest BCUT2D eigenvalue weighted by Gasteiger charge is -2.01. The SMILES string of the molecule is CC(C)c1ccc([18F])nc1. The quantitative estimate of drug-likeness (QED) is 0.543. The molecule has 0 fully saturated rings. The Balaban J connectivity index is 2.89. The summed E-state index contributed by atoms with van der Waals surface area (Å²) >= 11 is 0. The zero-order valence-electron chi connectivity index (χ0n) is 6.13. The Morgan fingerprint density at radius 1 is 1.40 bits per heavy atom. The highest BCUT2D eigenvalue weighted by atomic mass is 18.2. The molecule has 0 spiro atoms. The highest BCUT2D eigenvalue weighted by Gasteiger charge is 1.97. The highest BCUT2D eigenvalue weighted by Crippen LogP contribution is 2.11. The second kappa shape index (κ2) is 2.78. The minimum atomic E-state index is -0.413. The molecule has 0 aliphatic rings. The molecule has 1 heterocycles. The molecule has 10 heavy (non-hydrogen) atoms. The number of hydrogen-bond acceptors (Lipinski definition) is 1. The Hall–Kier alpha value is -0.920. The van der Waals surface area contributed by atoms with Crippen molar-refractivity contribution in [3.8, 4) is 0 Å². The Bertz CT molecular complexity index is 203. The predicted octanol–water partition coefficient (Wildman–Crippen LogP) is 2.34. The minimum absolute atomic E-state index is 0.413. The fraction of sp³-hybridized carbons (Fsp3) is 0.375. The van der Waals surface area contributed by atoms with Gasteiger partial charge in [-0.2, -0.15) is 4.39 Å². The van der Waals surface area contributed by atoms with E-state index in [0.717, 1.165) is 5.56 Å². The summed E-state index contributed by atoms with van der Waals surface area (Å²) in [5.74, 6) is 0.0116. The first kappa shape index (κ1) is 7.19. The summed E-state index contributed by atoms with van der Waals surface area (Å²) in [7, 11) is 0. The molecular weight excluding hydrogens is 128 g/mol. The molecule has 54 valence electrons. The molecule has 0 saturated carbocycles. The molecule has 0 bridgehead atoms. The van der Waals surface area contributed by atoms with Gasteiger partial charge >= 0.3 is 0 Å². The van der Waals surface area contributed by atoms with Crippen molar-refractivity contribution in [2.45, 2.75) is 19.8 Å². The van der Waals surface area contributed by atoms with Gasteiger partial charge in [0.2, 0.25) is 5.95 Å². The van der Waals surface area contributed by atoms with E-state index in [1.165, 1.54) is 6.07 Å². The van der Waals surface area contributed by atoms with E-state index in [1.54, 1.807) is 12.3 Å². The van der Waals surface area contributed by atoms with Gasteiger partial charge in [-0.15, -0.1) is 0 Å². The lowest BCUT2D eigenvalue weighted by molar-refractivity contribution is 0.581. The molecule has 2 heteroatoms. The summed E-state index contributed by atoms with van der Waals surface area (Å²) in [5, 5.41) is 0. The van der Waals surface area contributed by atoms with Gasteiger partial charge in [0.05, 0.1) is 0 Å². The Kier molecular flexibility index (Phi) is 2.00. The maximum Gasteiger partial charge on any atom is 0.212 e. The van der Waals surface area contributed by atoms with Crippen LogP contribution in [0.4, 0.5) is 4.39 Å². The summed E-state index contributed by atoms with van der Waals surface area (Å²) in [6.45, 7) is 4.10. The molecule has 0 aliphatic heterocycles. The van der Waals surface area contributed by atoms with E-state index in [1.807, 2.05) is 0 Å². The molecule has 0 N–H and O–H groups in total. The third kappa shape index (κ3) is 1.53. The molecule has 1 rings (SSSR count). The normalized spacial score (nSPS) is 10.4. The van der Waals surface area contributed by atoms with E-state index in [0.29, 0.717) is 5.92 Å². The van der Waals surface area contributed by atoms with Crippen LogP contribution in [0.1, 0.15) is 25.3 Å². The molecule has 0 aliphatic carbocycles. The van der Waals surface area contributed by atoms with Crippen molar-refractivity contribution < 1.29 is 4.39 Å². The summed E-state index contributed by atoms with van der Waals surface area (Å²) in [5.41, 5.74) is 1.07. The molecule has 1 nitrogen and oxygen atoms in total. The summed E-state index contributed by atoms with van der Waals surface area (Å²) in [6.07, 6.45) is 1.57. The van der Waals surface area contributed by atoms with Crippen LogP contribution in [0.25, 0.3) is 0 Å². The van der Waals surface area contributed by atoms with Crippen molar-refractivity contribution in [1.82, 2.24) is 4.98 Å². The smallest absolute Gasteiger partial charge is 0.212 e. The lowest BCUT2D eigenvalue weighted by atomic mass is 10.1. The molecule has 0 unspecified atom stereocenters. The molecule has 0 atom stereocenters. The van der Waals surface area contributed by atoms with E-state index in [2.05, 4.69) is 18.8 Å². The first-order chi connectivity index (χ1) is 4.70. The Morgan fingerprint density at radius 3 is 2.50 bits per heavy atom. The molecule has 1 aromatic rings. The van der Waals surface area contributed by atoms with Crippen molar-refractivity contribution in [3.05, 3.63) is 29.8 Å². The largest absolute Gasteiger partial charge is 0.228 e. The van der Waals surface area contributed by atoms with Gasteiger partial charge < -0.3 is 0 Å². The van der Waals surface area contributed by atoms with Gasteiger partial charge in [0.15, 0.2) is 0 Å². The summed E-state index contributed by atoms with van der Waals surface area (Å²) in [4.78, 5) is 3.53. The first-order valence-corrected chi connectivity index (χ1v) is 3.31. The second-order valence-corrected chi connectivity index (χ2v) is 2.57. The van der Waals surface area contributed by atoms with Gasteiger partial charge in [0.1, 0.15) is 0 Å². The van der Waals surface area contributed by atoms with Gasteiger partial charge in [-0.1, -0.05) is 19.9 Å². The van der Waals surface area contributed by atoms with Crippen molar-refractivity contribution in [1.29, 1.82) is 0 Å². The van der Waals surface area contributed by atoms with E-state index in [9.17, 15) is 4.39 Å². The topological polar surface area (TPSA) is 12.9 Å². The van der Waals surface area contributed by atoms with Gasteiger partial charge in [0.25, 0.3) is 0 Å². The lowest BCUT2D eigenvalue weighted by Crippen LogP contribution is -1.89. The van der Waals surface area contributed by atoms with E-state index in [4.69, 9.17) is 0 Å². The average molecular weight is 138 g/mol. The zero-order valence-corrected chi connectivity index (χ0v) is 6.13. The monoisotopic (exact) mass is 138 g/mol. The Labute approximate surface area is 59.9 Å². The van der Waals surface area contributed by atoms with Crippen LogP contribution in [0.3, 0.4) is 0 Å². The maximum absolute atomic E-state index is 12.2. The van der Waals surface area contributed by atoms with E-state index in [-0.39, 0.29) is 0 Å². The van der Waals surface area contributed by atoms with Crippen LogP contribution in [-0.2, 0) is 0 Å². The third-order valence-electron chi connectivity index (χ3n) is 1.42. The zero-order chi connectivity index (χ0) is 7.56. The molecular formula is C8H10FN. The first-order valence-electron chi connectivity index (χ1n) is 3.31. The minimum Gasteiger partial charge on any atom is -0.228 e. The van der Waals surface area contributed by atoms with E-state index >= 15 is 0 Å². The predicted molar refractivity (Wildman–Crippen MR) is 38.3 cm³/mol. The second-order valence-electron chi connectivity index (χ2n) is 2.57. The van der Waals surface area contributed by atoms with Gasteiger partial charge in [0, 0.05) is 6.20 Å². The number of hydrogen-bond donors (Lipinski definition) is 0. The fourth-order valence-electron chi connectivity index (χ4n) is 0.729. The molecule has 0 amide bonds. The Morgan fingerprint density at radius 2 is 2.10 bits per heavy atom. The summed E-state index contributed by atoms with van der Waals surface area (Å²) in [6, 6.07) is 3.14. The van der Waals surface area contributed by atoms with Crippen molar-refractivity contribution in [2.24, 2.45) is 0 Å². The number of pyridine rings is 1. The molecule has 0 aromatic carbocycles. The molecule has 1 aromatic heterocycles. The van der Waals surface area contributed by atoms with Crippen LogP contribution >= 0.6 is 0 Å². The van der Waals surface area contributed by atoms with Crippen LogP contribution in [0.2, 0.25) is 0 Å². The van der Waals surface area contributed by atoms with Crippen LogP contribution in [0, 0.1) is 5.95 Å². The standard InChI is InChI=1S/C8H10FN/c1-6(2)7-3-4-8(9)10-5-7/h3-6H,1-2H3/i9-1. The fourth-order valence-corrected chi connectivity index (χ4v) is 0.729. The van der Waals surface area contributed by atoms with Gasteiger partial charge in [-0.25, -0.2) is 4.98 Å². The number of nitrogens with zero attached hydrogens (tertiary/aromatic N) is 1. The van der Waals surface area contributed by atoms with Crippen LogP contribution in [0.15, 0.2) is 18.3 Å². The number of halogens is 1. The van der Waals surface area contributed by atoms with Crippen LogP contribution in [0.5, 0.6) is 0 Å². The molecule has 0 radical (unpaired) electrons. The van der Waals surface area contributed by atoms with Gasteiger partial charge in [-0.05, 0) is 17.5 Å². The van der Waals surface area contributed by atoms with E-state index < -0.39 is 5.95 Å². The van der Waals surface area contributed by atoms with Crippen LogP contribution < -0.4 is 0 Å². The van der Waals surface area contributed by atoms with Crippen LogP contribution in [-0.4, -0.2) is 4.98 Å². The van der Waals surface area contributed by atoms with Crippen molar-refractivity contribution >= 4 is 0 Å². The van der Waals surface area contributed by atoms with Crippen molar-refractivity contribution in [2.75, 3.05) is 0 Å². The molecule has 0 saturated heterocycles. The maximum atomic E-state index is 12.2. The average Bonchev–Trinajstić information content (AvgIpc) is 1.88. The number of rotatable bonds is 1.